The van der Waals surface area contributed by atoms with Crippen molar-refractivity contribution in [2.45, 2.75) is 146 Å². The lowest BCUT2D eigenvalue weighted by Gasteiger charge is -2.43. The Kier molecular flexibility index (Phi) is 18.7. The molecule has 12 atom stereocenters. The van der Waals surface area contributed by atoms with E-state index in [4.69, 9.17) is 18.7 Å². The lowest BCUT2D eigenvalue weighted by molar-refractivity contribution is -0.253. The number of carbonyl (C=O) groups excluding carboxylic acids is 2. The molecule has 24 heteroatoms. The highest BCUT2D eigenvalue weighted by atomic mass is 31.3. The first-order chi connectivity index (χ1) is 25.9. The first kappa shape index (κ1) is 47.0. The lowest BCUT2D eigenvalue weighted by atomic mass is 9.96. The number of aliphatic hydroxyl groups excluding tert-OH is 5. The predicted octanol–water partition coefficient (Wildman–Crippen LogP) is -0.427. The average Bonchev–Trinajstić information content (AvgIpc) is 3.37. The second-order valence-corrected chi connectivity index (χ2v) is 16.4. The molecule has 2 unspecified atom stereocenters. The van der Waals surface area contributed by atoms with Crippen molar-refractivity contribution >= 4 is 27.5 Å². The van der Waals surface area contributed by atoms with E-state index in [9.17, 15) is 63.6 Å². The van der Waals surface area contributed by atoms with Gasteiger partial charge in [0.05, 0.1) is 25.7 Å². The van der Waals surface area contributed by atoms with E-state index in [-0.39, 0.29) is 6.42 Å². The van der Waals surface area contributed by atoms with Crippen LogP contribution in [0.2, 0.25) is 0 Å². The van der Waals surface area contributed by atoms with Crippen molar-refractivity contribution in [3.05, 3.63) is 33.1 Å². The van der Waals surface area contributed by atoms with Gasteiger partial charge in [-0.3, -0.25) is 33.0 Å². The van der Waals surface area contributed by atoms with Crippen LogP contribution in [0.4, 0.5) is 0 Å². The second-order valence-electron chi connectivity index (χ2n) is 13.4. The minimum atomic E-state index is -5.78. The highest BCUT2D eigenvalue weighted by molar-refractivity contribution is 7.61. The number of aromatic nitrogens is 2. The molecule has 2 fully saturated rings. The first-order valence-corrected chi connectivity index (χ1v) is 21.0. The molecule has 9 N–H and O–H groups in total. The van der Waals surface area contributed by atoms with Crippen molar-refractivity contribution in [1.82, 2.24) is 14.9 Å². The highest BCUT2D eigenvalue weighted by Crippen LogP contribution is 2.61. The maximum absolute atomic E-state index is 13.0. The number of nitrogens with one attached hydrogen (secondary N) is 2. The molecule has 3 heterocycles. The monoisotopic (exact) mass is 833 g/mol. The number of unbranched alkanes of at least 4 members (excludes halogenated alkanes) is 8. The molecule has 22 nitrogen and oxygen atoms in total. The summed E-state index contributed by atoms with van der Waals surface area (Å²) in [5.74, 6) is -1.88. The number of aliphatic hydroxyl groups is 5. The molecule has 0 aliphatic carbocycles. The van der Waals surface area contributed by atoms with Gasteiger partial charge in [-0.2, -0.15) is 4.31 Å². The quantitative estimate of drug-likeness (QED) is 0.0384. The van der Waals surface area contributed by atoms with Gasteiger partial charge in [0.2, 0.25) is 5.91 Å². The number of esters is 1. The Morgan fingerprint density at radius 1 is 0.945 bits per heavy atom. The summed E-state index contributed by atoms with van der Waals surface area (Å²) in [6.45, 7) is 1.10. The number of ether oxygens (including phenoxy) is 3. The fourth-order valence-electron chi connectivity index (χ4n) is 6.07. The minimum absolute atomic E-state index is 0.276. The molecule has 1 aromatic rings. The Balaban J connectivity index is 1.60. The molecule has 0 aromatic carbocycles. The van der Waals surface area contributed by atoms with E-state index in [0.29, 0.717) is 6.42 Å². The Bertz CT molecular complexity index is 1590. The fourth-order valence-corrected chi connectivity index (χ4v) is 8.23. The number of H-pyrrole nitrogens is 1. The molecule has 0 saturated carbocycles. The maximum atomic E-state index is 13.0. The van der Waals surface area contributed by atoms with Crippen molar-refractivity contribution in [3.63, 3.8) is 0 Å². The van der Waals surface area contributed by atoms with E-state index >= 15 is 0 Å². The molecule has 0 radical (unpaired) electrons. The minimum Gasteiger partial charge on any atom is -0.457 e. The van der Waals surface area contributed by atoms with Crippen molar-refractivity contribution < 1.29 is 81.6 Å². The van der Waals surface area contributed by atoms with Crippen LogP contribution >= 0.6 is 15.6 Å². The zero-order valence-corrected chi connectivity index (χ0v) is 32.3. The van der Waals surface area contributed by atoms with E-state index in [2.05, 4.69) is 21.1 Å². The summed E-state index contributed by atoms with van der Waals surface area (Å²) in [6.07, 6.45) is -5.37. The fraction of sp³-hybridized carbons (Fsp3) is 0.806. The topological polar surface area (TPSA) is 332 Å². The number of aromatic amines is 1. The molecule has 2 saturated heterocycles. The lowest BCUT2D eigenvalue weighted by Crippen LogP contribution is -2.65. The highest BCUT2D eigenvalue weighted by Gasteiger charge is 2.52. The molecule has 1 amide bonds. The zero-order valence-electron chi connectivity index (χ0n) is 30.5. The summed E-state index contributed by atoms with van der Waals surface area (Å²) in [5, 5.41) is 54.0. The number of hydrogen-bond donors (Lipinski definition) is 9. The number of rotatable bonds is 23. The van der Waals surface area contributed by atoms with Crippen molar-refractivity contribution in [2.75, 3.05) is 13.2 Å². The molecule has 316 valence electrons. The predicted molar refractivity (Wildman–Crippen MR) is 187 cm³/mol. The van der Waals surface area contributed by atoms with Gasteiger partial charge >= 0.3 is 27.3 Å². The maximum Gasteiger partial charge on any atom is 0.483 e. The first-order valence-electron chi connectivity index (χ1n) is 18.0. The van der Waals surface area contributed by atoms with E-state index in [1.165, 1.54) is 25.7 Å². The van der Waals surface area contributed by atoms with Crippen molar-refractivity contribution in [3.8, 4) is 0 Å². The van der Waals surface area contributed by atoms with Gasteiger partial charge in [-0.15, -0.1) is 0 Å². The SMILES string of the molecule is CCCCCCCCCCC[C@@H](O)CC(=O)O[C@H]1[C@H](O)[C@@H](CO)O[C@H](OP(=O)(O)OP(=O)(O)OC[C@H]2O[C@@H](n3ccc(=O)[nH]c3=O)[C@@H](O)[C@H]2O)[C@@H]1NC(C)=O. The van der Waals surface area contributed by atoms with Crippen LogP contribution in [0, 0.1) is 0 Å². The van der Waals surface area contributed by atoms with Crippen LogP contribution in [-0.2, 0) is 46.3 Å². The van der Waals surface area contributed by atoms with E-state index in [1.54, 1.807) is 0 Å². The van der Waals surface area contributed by atoms with Gasteiger partial charge in [-0.05, 0) is 6.42 Å². The molecule has 3 rings (SSSR count). The third-order valence-electron chi connectivity index (χ3n) is 8.84. The molecular weight excluding hydrogens is 780 g/mol. The van der Waals surface area contributed by atoms with Crippen LogP contribution in [0.15, 0.2) is 21.9 Å². The van der Waals surface area contributed by atoms with Crippen LogP contribution in [0.1, 0.15) is 90.7 Å². The number of phosphoric ester groups is 2. The van der Waals surface area contributed by atoms with Gasteiger partial charge in [-0.1, -0.05) is 64.7 Å². The largest absolute Gasteiger partial charge is 0.483 e. The molecule has 0 bridgehead atoms. The van der Waals surface area contributed by atoms with Gasteiger partial charge in [0, 0.05) is 19.2 Å². The molecule has 2 aliphatic rings. The van der Waals surface area contributed by atoms with Crippen molar-refractivity contribution in [2.24, 2.45) is 0 Å². The van der Waals surface area contributed by atoms with E-state index in [1.807, 2.05) is 4.98 Å². The standard InChI is InChI=1S/C31H53N3O19P2/c1-3-4-5-6-7-8-9-10-11-12-19(37)15-23(39)51-28-24(32-18(2)36)30(50-20(16-35)26(28)41)52-55(46,47)53-54(44,45)48-17-21-25(40)27(42)29(49-21)34-14-13-22(38)33-31(34)43/h13-14,19-21,24-30,35,37,40-42H,3-12,15-17H2,1-2H3,(H,32,36)(H,44,45)(H,46,47)(H,33,38,43)/t19-,20-,21-,24-,25+,26-,27+,28-,29-,30-/m1/s1. The van der Waals surface area contributed by atoms with Gasteiger partial charge in [0.15, 0.2) is 18.6 Å². The number of nitrogens with zero attached hydrogens (tertiary/aromatic N) is 1. The molecule has 1 aromatic heterocycles. The van der Waals surface area contributed by atoms with Gasteiger partial charge in [0.1, 0.15) is 36.6 Å². The number of phosphoric acid groups is 2. The van der Waals surface area contributed by atoms with Gasteiger partial charge in [-0.25, -0.2) is 13.9 Å². The van der Waals surface area contributed by atoms with Gasteiger partial charge in [0.25, 0.3) is 5.56 Å². The Morgan fingerprint density at radius 2 is 1.58 bits per heavy atom. The summed E-state index contributed by atoms with van der Waals surface area (Å²) in [4.78, 5) is 71.0. The van der Waals surface area contributed by atoms with Crippen LogP contribution in [0.25, 0.3) is 0 Å². The zero-order chi connectivity index (χ0) is 40.9. The van der Waals surface area contributed by atoms with Crippen LogP contribution in [-0.4, -0.2) is 125 Å². The summed E-state index contributed by atoms with van der Waals surface area (Å²) in [7, 11) is -11.4. The molecule has 0 spiro atoms. The summed E-state index contributed by atoms with van der Waals surface area (Å²) in [6, 6.07) is -0.858. The van der Waals surface area contributed by atoms with E-state index in [0.717, 1.165) is 49.4 Å². The third-order valence-corrected chi connectivity index (χ3v) is 11.4. The summed E-state index contributed by atoms with van der Waals surface area (Å²) >= 11 is 0. The molecular formula is C31H53N3O19P2. The van der Waals surface area contributed by atoms with E-state index < -0.39 is 120 Å². The van der Waals surface area contributed by atoms with Crippen LogP contribution in [0.3, 0.4) is 0 Å². The number of amides is 1. The average molecular weight is 834 g/mol. The smallest absolute Gasteiger partial charge is 0.457 e. The Labute approximate surface area is 315 Å². The Morgan fingerprint density at radius 3 is 2.18 bits per heavy atom. The van der Waals surface area contributed by atoms with Crippen molar-refractivity contribution in [1.29, 1.82) is 0 Å². The summed E-state index contributed by atoms with van der Waals surface area (Å²) in [5.41, 5.74) is -1.78. The number of hydrogen-bond acceptors (Lipinski definition) is 17. The van der Waals surface area contributed by atoms with Crippen LogP contribution in [0.5, 0.6) is 0 Å². The van der Waals surface area contributed by atoms with Gasteiger partial charge < -0.3 is 54.8 Å². The third kappa shape index (κ3) is 14.8. The Hall–Kier alpha value is -2.40. The normalized spacial score (nSPS) is 29.6. The second kappa shape index (κ2) is 21.9. The molecule has 2 aliphatic heterocycles. The van der Waals surface area contributed by atoms with Crippen LogP contribution < -0.4 is 16.6 Å². The molecule has 55 heavy (non-hydrogen) atoms. The summed E-state index contributed by atoms with van der Waals surface area (Å²) < 4.78 is 56.3. The number of carbonyl (C=O) groups is 2.